The number of hydrogen-bond donors (Lipinski definition) is 2. The van der Waals surface area contributed by atoms with Crippen molar-refractivity contribution in [3.63, 3.8) is 0 Å². The van der Waals surface area contributed by atoms with Crippen molar-refractivity contribution in [1.82, 2.24) is 10.2 Å². The lowest BCUT2D eigenvalue weighted by Gasteiger charge is -2.39. The van der Waals surface area contributed by atoms with E-state index in [2.05, 4.69) is 31.0 Å². The minimum atomic E-state index is 0.0224. The number of nitrogens with two attached hydrogens (primary N) is 1. The molecule has 1 aliphatic rings. The second-order valence-corrected chi connectivity index (χ2v) is 5.23. The summed E-state index contributed by atoms with van der Waals surface area (Å²) in [6.45, 7) is 8.84. The zero-order valence-corrected chi connectivity index (χ0v) is 11.5. The molecule has 1 atom stereocenters. The van der Waals surface area contributed by atoms with Crippen LogP contribution in [0.2, 0.25) is 0 Å². The summed E-state index contributed by atoms with van der Waals surface area (Å²) in [6, 6.07) is 0.463. The normalized spacial score (nSPS) is 19.1. The number of carbonyl (C=O) groups is 1. The second-order valence-electron chi connectivity index (χ2n) is 5.23. The molecule has 1 rings (SSSR count). The number of amides is 1. The van der Waals surface area contributed by atoms with Crippen molar-refractivity contribution in [3.05, 3.63) is 0 Å². The first-order chi connectivity index (χ1) is 8.05. The Labute approximate surface area is 105 Å². The summed E-state index contributed by atoms with van der Waals surface area (Å²) in [7, 11) is 0. The number of rotatable bonds is 8. The Morgan fingerprint density at radius 2 is 2.12 bits per heavy atom. The van der Waals surface area contributed by atoms with Gasteiger partial charge in [0.05, 0.1) is 0 Å². The molecular formula is C13H27N3O. The SMILES string of the molecule is CCN(CCC(=O)NC1CC1)C(C)(CC)CN. The van der Waals surface area contributed by atoms with Crippen LogP contribution in [0.1, 0.15) is 46.5 Å². The molecule has 0 aliphatic heterocycles. The molecule has 1 fully saturated rings. The average molecular weight is 241 g/mol. The van der Waals surface area contributed by atoms with Crippen LogP contribution in [0.3, 0.4) is 0 Å². The van der Waals surface area contributed by atoms with Gasteiger partial charge in [0.2, 0.25) is 5.91 Å². The van der Waals surface area contributed by atoms with Crippen LogP contribution in [0.4, 0.5) is 0 Å². The van der Waals surface area contributed by atoms with Gasteiger partial charge in [-0.1, -0.05) is 13.8 Å². The van der Waals surface area contributed by atoms with Crippen LogP contribution in [0.15, 0.2) is 0 Å². The summed E-state index contributed by atoms with van der Waals surface area (Å²) in [5.41, 5.74) is 5.87. The highest BCUT2D eigenvalue weighted by atomic mass is 16.1. The molecule has 0 radical (unpaired) electrons. The van der Waals surface area contributed by atoms with E-state index in [0.29, 0.717) is 19.0 Å². The van der Waals surface area contributed by atoms with Crippen LogP contribution in [-0.4, -0.2) is 42.0 Å². The molecule has 17 heavy (non-hydrogen) atoms. The molecule has 0 saturated heterocycles. The predicted octanol–water partition coefficient (Wildman–Crippen LogP) is 1.10. The van der Waals surface area contributed by atoms with Gasteiger partial charge in [0.15, 0.2) is 0 Å². The van der Waals surface area contributed by atoms with Crippen LogP contribution in [0.25, 0.3) is 0 Å². The molecule has 100 valence electrons. The number of carbonyl (C=O) groups excluding carboxylic acids is 1. The Hall–Kier alpha value is -0.610. The molecule has 0 heterocycles. The molecule has 4 heteroatoms. The van der Waals surface area contributed by atoms with Crippen molar-refractivity contribution in [2.75, 3.05) is 19.6 Å². The lowest BCUT2D eigenvalue weighted by Crippen LogP contribution is -2.52. The maximum absolute atomic E-state index is 11.6. The monoisotopic (exact) mass is 241 g/mol. The van der Waals surface area contributed by atoms with E-state index in [9.17, 15) is 4.79 Å². The smallest absolute Gasteiger partial charge is 0.221 e. The van der Waals surface area contributed by atoms with Gasteiger partial charge in [-0.3, -0.25) is 9.69 Å². The molecule has 0 spiro atoms. The van der Waals surface area contributed by atoms with Crippen LogP contribution < -0.4 is 11.1 Å². The Bertz CT molecular complexity index is 247. The molecule has 0 bridgehead atoms. The van der Waals surface area contributed by atoms with Crippen molar-refractivity contribution in [3.8, 4) is 0 Å². The van der Waals surface area contributed by atoms with Crippen molar-refractivity contribution in [2.24, 2.45) is 5.73 Å². The number of likely N-dealkylation sites (N-methyl/N-ethyl adjacent to an activating group) is 1. The molecule has 0 aromatic heterocycles. The van der Waals surface area contributed by atoms with E-state index >= 15 is 0 Å². The van der Waals surface area contributed by atoms with Gasteiger partial charge in [-0.2, -0.15) is 0 Å². The van der Waals surface area contributed by atoms with Gasteiger partial charge in [-0.15, -0.1) is 0 Å². The van der Waals surface area contributed by atoms with Gasteiger partial charge in [-0.05, 0) is 32.7 Å². The molecule has 1 unspecified atom stereocenters. The molecule has 0 aromatic rings. The Kier molecular flexibility index (Phi) is 5.40. The first kappa shape index (κ1) is 14.5. The predicted molar refractivity (Wildman–Crippen MR) is 70.8 cm³/mol. The third-order valence-electron chi connectivity index (χ3n) is 3.90. The van der Waals surface area contributed by atoms with Crippen LogP contribution in [0, 0.1) is 0 Å². The van der Waals surface area contributed by atoms with E-state index < -0.39 is 0 Å². The highest BCUT2D eigenvalue weighted by Crippen LogP contribution is 2.20. The minimum Gasteiger partial charge on any atom is -0.353 e. The maximum atomic E-state index is 11.6. The zero-order valence-electron chi connectivity index (χ0n) is 11.5. The Balaban J connectivity index is 2.36. The van der Waals surface area contributed by atoms with Crippen molar-refractivity contribution >= 4 is 5.91 Å². The first-order valence-electron chi connectivity index (χ1n) is 6.80. The Morgan fingerprint density at radius 3 is 2.53 bits per heavy atom. The van der Waals surface area contributed by atoms with E-state index in [0.717, 1.165) is 32.4 Å². The van der Waals surface area contributed by atoms with E-state index in [-0.39, 0.29) is 11.4 Å². The minimum absolute atomic E-state index is 0.0224. The third-order valence-corrected chi connectivity index (χ3v) is 3.90. The number of nitrogens with one attached hydrogen (secondary N) is 1. The van der Waals surface area contributed by atoms with Gasteiger partial charge < -0.3 is 11.1 Å². The van der Waals surface area contributed by atoms with Gasteiger partial charge in [0.1, 0.15) is 0 Å². The summed E-state index contributed by atoms with van der Waals surface area (Å²) >= 11 is 0. The largest absolute Gasteiger partial charge is 0.353 e. The van der Waals surface area contributed by atoms with Gasteiger partial charge in [-0.25, -0.2) is 0 Å². The van der Waals surface area contributed by atoms with Gasteiger partial charge in [0.25, 0.3) is 0 Å². The van der Waals surface area contributed by atoms with E-state index in [1.165, 1.54) is 0 Å². The molecular weight excluding hydrogens is 214 g/mol. The maximum Gasteiger partial charge on any atom is 0.221 e. The van der Waals surface area contributed by atoms with Crippen LogP contribution >= 0.6 is 0 Å². The summed E-state index contributed by atoms with van der Waals surface area (Å²) in [4.78, 5) is 14.0. The average Bonchev–Trinajstić information content (AvgIpc) is 3.13. The fourth-order valence-corrected chi connectivity index (χ4v) is 2.07. The van der Waals surface area contributed by atoms with Crippen LogP contribution in [-0.2, 0) is 4.79 Å². The molecule has 3 N–H and O–H groups in total. The van der Waals surface area contributed by atoms with Crippen molar-refractivity contribution in [1.29, 1.82) is 0 Å². The molecule has 1 amide bonds. The topological polar surface area (TPSA) is 58.4 Å². The lowest BCUT2D eigenvalue weighted by atomic mass is 9.96. The third kappa shape index (κ3) is 4.28. The molecule has 1 saturated carbocycles. The van der Waals surface area contributed by atoms with Crippen molar-refractivity contribution < 1.29 is 4.79 Å². The van der Waals surface area contributed by atoms with Gasteiger partial charge >= 0.3 is 0 Å². The summed E-state index contributed by atoms with van der Waals surface area (Å²) in [6.07, 6.45) is 3.90. The second kappa shape index (κ2) is 6.36. The van der Waals surface area contributed by atoms with E-state index in [4.69, 9.17) is 5.73 Å². The fraction of sp³-hybridized carbons (Fsp3) is 0.923. The number of nitrogens with zero attached hydrogens (tertiary/aromatic N) is 1. The summed E-state index contributed by atoms with van der Waals surface area (Å²) < 4.78 is 0. The highest BCUT2D eigenvalue weighted by Gasteiger charge is 2.28. The van der Waals surface area contributed by atoms with Gasteiger partial charge in [0, 0.05) is 31.1 Å². The Morgan fingerprint density at radius 1 is 1.47 bits per heavy atom. The quantitative estimate of drug-likeness (QED) is 0.669. The highest BCUT2D eigenvalue weighted by molar-refractivity contribution is 5.76. The molecule has 1 aliphatic carbocycles. The van der Waals surface area contributed by atoms with E-state index in [1.807, 2.05) is 0 Å². The zero-order chi connectivity index (χ0) is 12.9. The lowest BCUT2D eigenvalue weighted by molar-refractivity contribution is -0.121. The molecule has 0 aromatic carbocycles. The van der Waals surface area contributed by atoms with Crippen LogP contribution in [0.5, 0.6) is 0 Å². The summed E-state index contributed by atoms with van der Waals surface area (Å²) in [5.74, 6) is 0.182. The standard InChI is InChI=1S/C13H27N3O/c1-4-13(3,10-14)16(5-2)9-8-12(17)15-11-6-7-11/h11H,4-10,14H2,1-3H3,(H,15,17). The first-order valence-corrected chi connectivity index (χ1v) is 6.80. The fourth-order valence-electron chi connectivity index (χ4n) is 2.07. The van der Waals surface area contributed by atoms with E-state index in [1.54, 1.807) is 0 Å². The molecule has 4 nitrogen and oxygen atoms in total. The number of hydrogen-bond acceptors (Lipinski definition) is 3. The summed E-state index contributed by atoms with van der Waals surface area (Å²) in [5, 5.41) is 3.02. The van der Waals surface area contributed by atoms with Crippen molar-refractivity contribution in [2.45, 2.75) is 58.0 Å².